The van der Waals surface area contributed by atoms with Gasteiger partial charge in [0, 0.05) is 19.4 Å². The number of aliphatic hydroxyl groups is 1. The van der Waals surface area contributed by atoms with Crippen LogP contribution in [0.4, 0.5) is 5.69 Å². The molecule has 0 aromatic heterocycles. The quantitative estimate of drug-likeness (QED) is 0.299. The highest BCUT2D eigenvalue weighted by Crippen LogP contribution is 2.33. The molecule has 6 heteroatoms. The molecule has 158 valence electrons. The van der Waals surface area contributed by atoms with Crippen LogP contribution in [0.3, 0.4) is 0 Å². The normalized spacial score (nSPS) is 12.5. The number of benzene rings is 1. The zero-order valence-electron chi connectivity index (χ0n) is 17.9. The number of Topliss-reactive ketones (excluding diaryl/α,β-unsaturated/α-hetero) is 2. The number of phenolic OH excluding ortho intramolecular Hbond substituents is 1. The predicted octanol–water partition coefficient (Wildman–Crippen LogP) is 4.02. The number of carbonyl (C=O) groups excluding carboxylic acids is 2. The van der Waals surface area contributed by atoms with Crippen LogP contribution in [0.1, 0.15) is 43.1 Å². The van der Waals surface area contributed by atoms with Crippen molar-refractivity contribution < 1.29 is 19.8 Å². The molecule has 0 spiro atoms. The Hall–Kier alpha value is -3.12. The molecule has 6 nitrogen and oxygen atoms in total. The van der Waals surface area contributed by atoms with Crippen LogP contribution in [0, 0.1) is 6.92 Å². The Morgan fingerprint density at radius 2 is 1.86 bits per heavy atom. The lowest BCUT2D eigenvalue weighted by Crippen LogP contribution is -2.33. The molecule has 1 aliphatic rings. The standard InChI is InChI=1S/C20H22N2O3.C2H6.CH4O/c1-5-7-14(6-2)11-21-16-10-18(24)19(16)22-17-9-12(3)8-15(13(4)23)20(17)25;2*1-2/h5-9,21-22,25H,1-2,10-11H2,3-4H3;1-2H3;2H,1H3/b14-7+;;. The molecule has 0 bridgehead atoms. The highest BCUT2D eigenvalue weighted by molar-refractivity contribution is 6.07. The van der Waals surface area contributed by atoms with Crippen molar-refractivity contribution in [2.75, 3.05) is 19.0 Å². The van der Waals surface area contributed by atoms with E-state index in [0.29, 0.717) is 24.4 Å². The second kappa shape index (κ2) is 13.1. The average Bonchev–Trinajstić information content (AvgIpc) is 2.72. The second-order valence-electron chi connectivity index (χ2n) is 5.88. The van der Waals surface area contributed by atoms with Gasteiger partial charge in [-0.25, -0.2) is 0 Å². The molecular formula is C23H32N2O4. The van der Waals surface area contributed by atoms with E-state index in [0.717, 1.165) is 23.9 Å². The van der Waals surface area contributed by atoms with E-state index in [4.69, 9.17) is 5.11 Å². The van der Waals surface area contributed by atoms with Gasteiger partial charge in [0.1, 0.15) is 11.4 Å². The van der Waals surface area contributed by atoms with E-state index in [-0.39, 0.29) is 22.9 Å². The molecule has 0 amide bonds. The summed E-state index contributed by atoms with van der Waals surface area (Å²) < 4.78 is 0. The number of carbonyl (C=O) groups is 2. The number of allylic oxidation sites excluding steroid dienone is 4. The molecule has 2 rings (SSSR count). The van der Waals surface area contributed by atoms with E-state index >= 15 is 0 Å². The van der Waals surface area contributed by atoms with Crippen molar-refractivity contribution >= 4 is 17.3 Å². The predicted molar refractivity (Wildman–Crippen MR) is 119 cm³/mol. The minimum absolute atomic E-state index is 0.0550. The highest BCUT2D eigenvalue weighted by Gasteiger charge is 2.28. The maximum Gasteiger partial charge on any atom is 0.186 e. The van der Waals surface area contributed by atoms with E-state index < -0.39 is 0 Å². The lowest BCUT2D eigenvalue weighted by molar-refractivity contribution is -0.116. The van der Waals surface area contributed by atoms with Crippen LogP contribution in [0.2, 0.25) is 0 Å². The van der Waals surface area contributed by atoms with Crippen LogP contribution in [0.15, 0.2) is 60.5 Å². The number of phenols is 1. The minimum atomic E-state index is -0.235. The van der Waals surface area contributed by atoms with Crippen LogP contribution >= 0.6 is 0 Å². The molecule has 0 fully saturated rings. The Labute approximate surface area is 173 Å². The number of hydrogen-bond donors (Lipinski definition) is 4. The molecule has 0 saturated carbocycles. The summed E-state index contributed by atoms with van der Waals surface area (Å²) in [5.41, 5.74) is 3.49. The van der Waals surface area contributed by atoms with Gasteiger partial charge >= 0.3 is 0 Å². The Morgan fingerprint density at radius 1 is 1.24 bits per heavy atom. The topological polar surface area (TPSA) is 98.7 Å². The average molecular weight is 401 g/mol. The van der Waals surface area contributed by atoms with Gasteiger partial charge in [-0.3, -0.25) is 9.59 Å². The summed E-state index contributed by atoms with van der Waals surface area (Å²) in [6.07, 6.45) is 5.52. The molecule has 0 aliphatic heterocycles. The van der Waals surface area contributed by atoms with Crippen LogP contribution < -0.4 is 10.6 Å². The van der Waals surface area contributed by atoms with E-state index in [1.54, 1.807) is 24.3 Å². The minimum Gasteiger partial charge on any atom is -0.505 e. The number of aliphatic hydroxyl groups excluding tert-OH is 1. The van der Waals surface area contributed by atoms with Gasteiger partial charge in [0.15, 0.2) is 11.6 Å². The van der Waals surface area contributed by atoms with Gasteiger partial charge in [-0.1, -0.05) is 45.2 Å². The fourth-order valence-electron chi connectivity index (χ4n) is 2.53. The lowest BCUT2D eigenvalue weighted by atomic mass is 9.97. The van der Waals surface area contributed by atoms with Crippen molar-refractivity contribution in [1.82, 2.24) is 5.32 Å². The second-order valence-corrected chi connectivity index (χ2v) is 5.88. The van der Waals surface area contributed by atoms with Crippen molar-refractivity contribution in [3.8, 4) is 5.75 Å². The number of rotatable bonds is 8. The van der Waals surface area contributed by atoms with E-state index in [9.17, 15) is 14.7 Å². The molecule has 0 unspecified atom stereocenters. The lowest BCUT2D eigenvalue weighted by Gasteiger charge is -2.25. The van der Waals surface area contributed by atoms with Gasteiger partial charge in [-0.05, 0) is 37.1 Å². The monoisotopic (exact) mass is 400 g/mol. The summed E-state index contributed by atoms with van der Waals surface area (Å²) in [6.45, 7) is 15.1. The number of nitrogens with one attached hydrogen (secondary N) is 2. The van der Waals surface area contributed by atoms with Gasteiger partial charge in [0.05, 0.1) is 17.7 Å². The molecule has 0 atom stereocenters. The van der Waals surface area contributed by atoms with Crippen molar-refractivity contribution in [1.29, 1.82) is 0 Å². The zero-order chi connectivity index (χ0) is 22.6. The fourth-order valence-corrected chi connectivity index (χ4v) is 2.53. The number of aryl methyl sites for hydroxylation is 1. The van der Waals surface area contributed by atoms with Crippen molar-refractivity contribution in [3.05, 3.63) is 71.6 Å². The van der Waals surface area contributed by atoms with Crippen molar-refractivity contribution in [2.24, 2.45) is 0 Å². The van der Waals surface area contributed by atoms with Gasteiger partial charge < -0.3 is 20.8 Å². The third-order valence-corrected chi connectivity index (χ3v) is 3.91. The molecule has 0 heterocycles. The van der Waals surface area contributed by atoms with Gasteiger partial charge in [0.25, 0.3) is 0 Å². The van der Waals surface area contributed by atoms with Gasteiger partial charge in [-0.15, -0.1) is 0 Å². The van der Waals surface area contributed by atoms with E-state index in [1.165, 1.54) is 6.92 Å². The molecule has 0 saturated heterocycles. The summed E-state index contributed by atoms with van der Waals surface area (Å²) in [4.78, 5) is 23.6. The van der Waals surface area contributed by atoms with Crippen LogP contribution in [0.25, 0.3) is 0 Å². The largest absolute Gasteiger partial charge is 0.505 e. The number of ketones is 2. The third-order valence-electron chi connectivity index (χ3n) is 3.91. The zero-order valence-corrected chi connectivity index (χ0v) is 17.9. The first kappa shape index (κ1) is 25.9. The van der Waals surface area contributed by atoms with Gasteiger partial charge in [0.2, 0.25) is 0 Å². The first-order valence-electron chi connectivity index (χ1n) is 9.38. The van der Waals surface area contributed by atoms with Gasteiger partial charge in [-0.2, -0.15) is 0 Å². The molecule has 29 heavy (non-hydrogen) atoms. The summed E-state index contributed by atoms with van der Waals surface area (Å²) in [6, 6.07) is 3.32. The Balaban J connectivity index is 0.00000184. The first-order valence-corrected chi connectivity index (χ1v) is 9.38. The maximum atomic E-state index is 11.9. The van der Waals surface area contributed by atoms with E-state index in [2.05, 4.69) is 23.8 Å². The maximum absolute atomic E-state index is 11.9. The van der Waals surface area contributed by atoms with Crippen molar-refractivity contribution in [2.45, 2.75) is 34.1 Å². The van der Waals surface area contributed by atoms with Crippen LogP contribution in [-0.2, 0) is 4.79 Å². The molecule has 1 aliphatic carbocycles. The van der Waals surface area contributed by atoms with Crippen LogP contribution in [-0.4, -0.2) is 35.4 Å². The fraction of sp³-hybridized carbons (Fsp3) is 0.304. The highest BCUT2D eigenvalue weighted by atomic mass is 16.3. The van der Waals surface area contributed by atoms with E-state index in [1.807, 2.05) is 26.8 Å². The number of hydrogen-bond acceptors (Lipinski definition) is 6. The summed E-state index contributed by atoms with van der Waals surface area (Å²) in [7, 11) is 1.00. The Kier molecular flexibility index (Phi) is 11.7. The SMILES string of the molecule is C=C/C=C(\C=C)CNC1=C(Nc2cc(C)cc(C(C)=O)c2O)C(=O)C1.CC.CO. The Morgan fingerprint density at radius 3 is 2.34 bits per heavy atom. The summed E-state index contributed by atoms with van der Waals surface area (Å²) in [5, 5.41) is 23.4. The smallest absolute Gasteiger partial charge is 0.186 e. The number of anilines is 1. The molecule has 1 aromatic carbocycles. The van der Waals surface area contributed by atoms with Crippen LogP contribution in [0.5, 0.6) is 5.75 Å². The Bertz CT molecular complexity index is 820. The summed E-state index contributed by atoms with van der Waals surface area (Å²) >= 11 is 0. The number of aromatic hydroxyl groups is 1. The molecule has 1 aromatic rings. The summed E-state index contributed by atoms with van der Waals surface area (Å²) in [5.74, 6) is -0.440. The van der Waals surface area contributed by atoms with Crippen molar-refractivity contribution in [3.63, 3.8) is 0 Å². The molecular weight excluding hydrogens is 368 g/mol. The molecule has 4 N–H and O–H groups in total. The molecule has 0 radical (unpaired) electrons. The first-order chi connectivity index (χ1) is 13.9. The third kappa shape index (κ3) is 7.08.